The van der Waals surface area contributed by atoms with Gasteiger partial charge >= 0.3 is 6.18 Å². The molecule has 2 aromatic rings. The fourth-order valence-electron chi connectivity index (χ4n) is 4.28. The molecule has 10 heteroatoms. The van der Waals surface area contributed by atoms with Crippen molar-refractivity contribution in [2.24, 2.45) is 0 Å². The average molecular weight is 484 g/mol. The number of hydrogen-bond donors (Lipinski definition) is 1. The van der Waals surface area contributed by atoms with Gasteiger partial charge in [-0.3, -0.25) is 9.69 Å². The summed E-state index contributed by atoms with van der Waals surface area (Å²) in [5.41, 5.74) is 1.15. The number of benzene rings is 2. The zero-order valence-corrected chi connectivity index (χ0v) is 19.8. The first-order valence-electron chi connectivity index (χ1n) is 10.6. The highest BCUT2D eigenvalue weighted by molar-refractivity contribution is 7.89. The minimum atomic E-state index is -4.58. The van der Waals surface area contributed by atoms with Crippen molar-refractivity contribution in [3.05, 3.63) is 58.7 Å². The van der Waals surface area contributed by atoms with Crippen LogP contribution in [0.4, 0.5) is 18.9 Å². The highest BCUT2D eigenvalue weighted by atomic mass is 32.2. The summed E-state index contributed by atoms with van der Waals surface area (Å²) < 4.78 is 67.5. The third kappa shape index (κ3) is 5.39. The van der Waals surface area contributed by atoms with Gasteiger partial charge in [0, 0.05) is 26.2 Å². The molecule has 0 spiro atoms. The molecule has 0 bridgehead atoms. The Labute approximate surface area is 192 Å². The number of aryl methyl sites for hydroxylation is 3. The van der Waals surface area contributed by atoms with Crippen molar-refractivity contribution < 1.29 is 26.4 Å². The zero-order chi connectivity index (χ0) is 24.6. The maximum absolute atomic E-state index is 13.2. The minimum absolute atomic E-state index is 0.186. The Morgan fingerprint density at radius 3 is 2.09 bits per heavy atom. The van der Waals surface area contributed by atoms with Crippen LogP contribution in [-0.4, -0.2) is 55.8 Å². The quantitative estimate of drug-likeness (QED) is 0.699. The molecular formula is C23H28F3N3O3S. The molecule has 1 N–H and O–H groups in total. The number of para-hydroxylation sites is 1. The summed E-state index contributed by atoms with van der Waals surface area (Å²) in [6.07, 6.45) is -4.58. The van der Waals surface area contributed by atoms with Crippen LogP contribution in [0.25, 0.3) is 0 Å². The molecule has 0 aliphatic carbocycles. The van der Waals surface area contributed by atoms with E-state index in [2.05, 4.69) is 5.32 Å². The van der Waals surface area contributed by atoms with Gasteiger partial charge in [0.15, 0.2) is 0 Å². The number of piperazine rings is 1. The average Bonchev–Trinajstić information content (AvgIpc) is 2.72. The molecule has 1 fully saturated rings. The maximum atomic E-state index is 13.2. The van der Waals surface area contributed by atoms with Gasteiger partial charge in [0.2, 0.25) is 15.9 Å². The molecular weight excluding hydrogens is 455 g/mol. The van der Waals surface area contributed by atoms with Gasteiger partial charge in [-0.15, -0.1) is 0 Å². The van der Waals surface area contributed by atoms with E-state index in [1.54, 1.807) is 25.7 Å². The van der Waals surface area contributed by atoms with E-state index in [0.29, 0.717) is 29.1 Å². The van der Waals surface area contributed by atoms with E-state index in [4.69, 9.17) is 0 Å². The van der Waals surface area contributed by atoms with Crippen LogP contribution < -0.4 is 5.32 Å². The number of carbonyl (C=O) groups is 1. The third-order valence-electron chi connectivity index (χ3n) is 5.89. The van der Waals surface area contributed by atoms with Crippen molar-refractivity contribution >= 4 is 21.6 Å². The Kier molecular flexibility index (Phi) is 7.21. The van der Waals surface area contributed by atoms with Crippen LogP contribution in [0.15, 0.2) is 41.3 Å². The first kappa shape index (κ1) is 25.2. The van der Waals surface area contributed by atoms with Crippen LogP contribution in [-0.2, 0) is 21.0 Å². The summed E-state index contributed by atoms with van der Waals surface area (Å²) in [5.74, 6) is -0.576. The summed E-state index contributed by atoms with van der Waals surface area (Å²) in [6, 6.07) is 7.76. The number of nitrogens with one attached hydrogen (secondary N) is 1. The Morgan fingerprint density at radius 1 is 1.00 bits per heavy atom. The van der Waals surface area contributed by atoms with Gasteiger partial charge in [-0.1, -0.05) is 29.8 Å². The number of sulfonamides is 1. The summed E-state index contributed by atoms with van der Waals surface area (Å²) in [6.45, 7) is 8.01. The van der Waals surface area contributed by atoms with Crippen molar-refractivity contribution in [1.29, 1.82) is 0 Å². The van der Waals surface area contributed by atoms with Gasteiger partial charge in [0.25, 0.3) is 0 Å². The molecule has 0 saturated carbocycles. The lowest BCUT2D eigenvalue weighted by Crippen LogP contribution is -2.54. The fraction of sp³-hybridized carbons (Fsp3) is 0.435. The molecule has 1 heterocycles. The molecule has 1 amide bonds. The molecule has 2 aromatic carbocycles. The number of alkyl halides is 3. The molecule has 1 saturated heterocycles. The Hall–Kier alpha value is -2.43. The van der Waals surface area contributed by atoms with Gasteiger partial charge in [-0.2, -0.15) is 17.5 Å². The van der Waals surface area contributed by atoms with Crippen LogP contribution in [0.1, 0.15) is 29.2 Å². The summed E-state index contributed by atoms with van der Waals surface area (Å²) in [4.78, 5) is 14.7. The number of amides is 1. The monoisotopic (exact) mass is 483 g/mol. The molecule has 6 nitrogen and oxygen atoms in total. The van der Waals surface area contributed by atoms with Crippen LogP contribution in [0.2, 0.25) is 0 Å². The van der Waals surface area contributed by atoms with Crippen molar-refractivity contribution in [3.63, 3.8) is 0 Å². The van der Waals surface area contributed by atoms with Crippen LogP contribution in [0, 0.1) is 20.8 Å². The predicted molar refractivity (Wildman–Crippen MR) is 121 cm³/mol. The topological polar surface area (TPSA) is 69.7 Å². The lowest BCUT2D eigenvalue weighted by Gasteiger charge is -2.37. The molecule has 33 heavy (non-hydrogen) atoms. The molecule has 1 aliphatic heterocycles. The van der Waals surface area contributed by atoms with Crippen LogP contribution in [0.5, 0.6) is 0 Å². The molecule has 1 aliphatic rings. The fourth-order valence-corrected chi connectivity index (χ4v) is 6.11. The lowest BCUT2D eigenvalue weighted by molar-refractivity contribution is -0.137. The number of hydrogen-bond acceptors (Lipinski definition) is 4. The number of nitrogens with zero attached hydrogens (tertiary/aromatic N) is 2. The van der Waals surface area contributed by atoms with Gasteiger partial charge < -0.3 is 5.32 Å². The number of carbonyl (C=O) groups excluding carboxylic acids is 1. The second kappa shape index (κ2) is 9.44. The lowest BCUT2D eigenvalue weighted by atomic mass is 10.1. The largest absolute Gasteiger partial charge is 0.418 e. The SMILES string of the molecule is Cc1cc(C)c(S(=O)(=O)N2CCN([C@H](C)C(=O)Nc3ccccc3C(F)(F)F)CC2)c(C)c1. The Bertz CT molecular complexity index is 1120. The molecule has 0 aromatic heterocycles. The normalized spacial score (nSPS) is 17.1. The number of anilines is 1. The van der Waals surface area contributed by atoms with E-state index in [1.165, 1.54) is 22.5 Å². The number of rotatable bonds is 5. The van der Waals surface area contributed by atoms with Gasteiger partial charge in [-0.05, 0) is 51.0 Å². The first-order chi connectivity index (χ1) is 15.3. The summed E-state index contributed by atoms with van der Waals surface area (Å²) in [7, 11) is -3.70. The smallest absolute Gasteiger partial charge is 0.324 e. The van der Waals surface area contributed by atoms with Crippen LogP contribution in [0.3, 0.4) is 0 Å². The Balaban J connectivity index is 1.68. The highest BCUT2D eigenvalue weighted by Gasteiger charge is 2.36. The molecule has 0 unspecified atom stereocenters. The summed E-state index contributed by atoms with van der Waals surface area (Å²) >= 11 is 0. The molecule has 3 rings (SSSR count). The van der Waals surface area contributed by atoms with E-state index in [1.807, 2.05) is 19.1 Å². The van der Waals surface area contributed by atoms with Crippen molar-refractivity contribution in [1.82, 2.24) is 9.21 Å². The zero-order valence-electron chi connectivity index (χ0n) is 19.0. The highest BCUT2D eigenvalue weighted by Crippen LogP contribution is 2.34. The second-order valence-corrected chi connectivity index (χ2v) is 10.3. The maximum Gasteiger partial charge on any atom is 0.418 e. The second-order valence-electron chi connectivity index (χ2n) is 8.38. The summed E-state index contributed by atoms with van der Waals surface area (Å²) in [5, 5.41) is 2.37. The van der Waals surface area contributed by atoms with Crippen molar-refractivity contribution in [2.45, 2.75) is 44.8 Å². The van der Waals surface area contributed by atoms with Crippen molar-refractivity contribution in [3.8, 4) is 0 Å². The van der Waals surface area contributed by atoms with Gasteiger partial charge in [0.1, 0.15) is 0 Å². The van der Waals surface area contributed by atoms with E-state index in [9.17, 15) is 26.4 Å². The van der Waals surface area contributed by atoms with Gasteiger partial charge in [-0.25, -0.2) is 8.42 Å². The minimum Gasteiger partial charge on any atom is -0.324 e. The van der Waals surface area contributed by atoms with Crippen LogP contribution >= 0.6 is 0 Å². The first-order valence-corrected chi connectivity index (χ1v) is 12.1. The van der Waals surface area contributed by atoms with E-state index < -0.39 is 33.7 Å². The van der Waals surface area contributed by atoms with E-state index >= 15 is 0 Å². The van der Waals surface area contributed by atoms with E-state index in [-0.39, 0.29) is 18.8 Å². The van der Waals surface area contributed by atoms with E-state index in [0.717, 1.165) is 11.6 Å². The molecule has 1 atom stereocenters. The van der Waals surface area contributed by atoms with Gasteiger partial charge in [0.05, 0.1) is 22.2 Å². The predicted octanol–water partition coefficient (Wildman–Crippen LogP) is 3.96. The number of halogens is 3. The Morgan fingerprint density at radius 2 is 1.55 bits per heavy atom. The molecule has 0 radical (unpaired) electrons. The van der Waals surface area contributed by atoms with Crippen molar-refractivity contribution in [2.75, 3.05) is 31.5 Å². The third-order valence-corrected chi connectivity index (χ3v) is 8.10. The molecule has 180 valence electrons. The standard InChI is InChI=1S/C23H28F3N3O3S/c1-15-13-16(2)21(17(3)14-15)33(31,32)29-11-9-28(10-12-29)18(4)22(30)27-20-8-6-5-7-19(20)23(24,25)26/h5-8,13-14,18H,9-12H2,1-4H3,(H,27,30)/t18-/m1/s1.